The maximum Gasteiger partial charge on any atom is 0.0679 e. The molecule has 2 fully saturated rings. The molecule has 1 atom stereocenters. The molecule has 1 nitrogen and oxygen atoms in total. The molecule has 11 heavy (non-hydrogen) atoms. The largest absolute Gasteiger partial charge is 0.375 e. The minimum atomic E-state index is 0.287. The summed E-state index contributed by atoms with van der Waals surface area (Å²) < 4.78 is 5.58. The van der Waals surface area contributed by atoms with Crippen LogP contribution >= 0.6 is 0 Å². The van der Waals surface area contributed by atoms with Crippen LogP contribution in [0, 0.1) is 5.92 Å². The van der Waals surface area contributed by atoms with E-state index in [-0.39, 0.29) is 5.60 Å². The molecule has 0 aromatic carbocycles. The number of hydrogen-bond acceptors (Lipinski definition) is 1. The Labute approximate surface area is 69.1 Å². The van der Waals surface area contributed by atoms with Crippen molar-refractivity contribution in [1.29, 1.82) is 0 Å². The Morgan fingerprint density at radius 2 is 2.00 bits per heavy atom. The van der Waals surface area contributed by atoms with Crippen LogP contribution in [0.5, 0.6) is 0 Å². The van der Waals surface area contributed by atoms with E-state index in [2.05, 4.69) is 6.92 Å². The van der Waals surface area contributed by atoms with Gasteiger partial charge in [-0.05, 0) is 25.7 Å². The molecule has 0 spiro atoms. The minimum Gasteiger partial charge on any atom is -0.375 e. The highest BCUT2D eigenvalue weighted by Crippen LogP contribution is 2.38. The Balaban J connectivity index is 1.79. The number of rotatable bonds is 2. The Bertz CT molecular complexity index is 132. The summed E-state index contributed by atoms with van der Waals surface area (Å²) in [5.41, 5.74) is 0.287. The van der Waals surface area contributed by atoms with E-state index in [9.17, 15) is 0 Å². The molecule has 1 unspecified atom stereocenters. The third-order valence-corrected chi connectivity index (χ3v) is 3.28. The van der Waals surface area contributed by atoms with Gasteiger partial charge in [0.1, 0.15) is 0 Å². The molecule has 2 rings (SSSR count). The van der Waals surface area contributed by atoms with Gasteiger partial charge in [0.25, 0.3) is 0 Å². The van der Waals surface area contributed by atoms with Gasteiger partial charge in [0, 0.05) is 0 Å². The summed E-state index contributed by atoms with van der Waals surface area (Å²) in [5.74, 6) is 0.986. The van der Waals surface area contributed by atoms with E-state index in [1.165, 1.54) is 38.5 Å². The lowest BCUT2D eigenvalue weighted by Crippen LogP contribution is -2.41. The van der Waals surface area contributed by atoms with E-state index in [1.54, 1.807) is 0 Å². The third-order valence-electron chi connectivity index (χ3n) is 3.28. The highest BCUT2D eigenvalue weighted by Gasteiger charge is 2.35. The topological polar surface area (TPSA) is 9.23 Å². The SMILES string of the molecule is CC1(CC2CCCC2)CCO1. The van der Waals surface area contributed by atoms with Crippen LogP contribution in [0.2, 0.25) is 0 Å². The van der Waals surface area contributed by atoms with Gasteiger partial charge in [0.2, 0.25) is 0 Å². The second-order valence-electron chi connectivity index (χ2n) is 4.40. The van der Waals surface area contributed by atoms with Crippen molar-refractivity contribution in [2.75, 3.05) is 6.61 Å². The van der Waals surface area contributed by atoms with Crippen molar-refractivity contribution in [2.45, 2.75) is 51.0 Å². The summed E-state index contributed by atoms with van der Waals surface area (Å²) in [7, 11) is 0. The van der Waals surface area contributed by atoms with Crippen molar-refractivity contribution in [3.8, 4) is 0 Å². The van der Waals surface area contributed by atoms with E-state index in [0.717, 1.165) is 12.5 Å². The molecule has 0 amide bonds. The van der Waals surface area contributed by atoms with E-state index in [4.69, 9.17) is 4.74 Å². The molecule has 1 aliphatic heterocycles. The van der Waals surface area contributed by atoms with Gasteiger partial charge in [0.05, 0.1) is 12.2 Å². The van der Waals surface area contributed by atoms with E-state index < -0.39 is 0 Å². The molecular formula is C10H18O. The first-order valence-electron chi connectivity index (χ1n) is 4.92. The van der Waals surface area contributed by atoms with Gasteiger partial charge in [-0.2, -0.15) is 0 Å². The average molecular weight is 154 g/mol. The Kier molecular flexibility index (Phi) is 1.92. The molecule has 0 radical (unpaired) electrons. The van der Waals surface area contributed by atoms with Crippen LogP contribution in [-0.4, -0.2) is 12.2 Å². The molecule has 0 aromatic heterocycles. The molecule has 0 bridgehead atoms. The smallest absolute Gasteiger partial charge is 0.0679 e. The predicted octanol–water partition coefficient (Wildman–Crippen LogP) is 2.75. The van der Waals surface area contributed by atoms with Gasteiger partial charge in [-0.1, -0.05) is 25.7 Å². The number of hydrogen-bond donors (Lipinski definition) is 0. The van der Waals surface area contributed by atoms with Crippen molar-refractivity contribution in [1.82, 2.24) is 0 Å². The van der Waals surface area contributed by atoms with Gasteiger partial charge in [-0.15, -0.1) is 0 Å². The van der Waals surface area contributed by atoms with Crippen LogP contribution < -0.4 is 0 Å². The van der Waals surface area contributed by atoms with Crippen molar-refractivity contribution in [2.24, 2.45) is 5.92 Å². The van der Waals surface area contributed by atoms with Crippen LogP contribution in [0.3, 0.4) is 0 Å². The summed E-state index contributed by atoms with van der Waals surface area (Å²) in [6.07, 6.45) is 8.45. The predicted molar refractivity (Wildman–Crippen MR) is 45.5 cm³/mol. The fourth-order valence-corrected chi connectivity index (χ4v) is 2.44. The van der Waals surface area contributed by atoms with Gasteiger partial charge < -0.3 is 4.74 Å². The molecule has 1 heteroatoms. The molecule has 0 aromatic rings. The lowest BCUT2D eigenvalue weighted by molar-refractivity contribution is -0.145. The Morgan fingerprint density at radius 1 is 1.36 bits per heavy atom. The highest BCUT2D eigenvalue weighted by atomic mass is 16.5. The van der Waals surface area contributed by atoms with Crippen molar-refractivity contribution < 1.29 is 4.74 Å². The molecule has 2 aliphatic rings. The molecule has 1 saturated carbocycles. The van der Waals surface area contributed by atoms with Gasteiger partial charge in [0.15, 0.2) is 0 Å². The molecule has 1 aliphatic carbocycles. The highest BCUT2D eigenvalue weighted by molar-refractivity contribution is 4.86. The first-order chi connectivity index (χ1) is 5.29. The zero-order valence-electron chi connectivity index (χ0n) is 7.44. The maximum absolute atomic E-state index is 5.58. The number of ether oxygens (including phenoxy) is 1. The molecule has 1 saturated heterocycles. The van der Waals surface area contributed by atoms with E-state index >= 15 is 0 Å². The van der Waals surface area contributed by atoms with E-state index in [0.29, 0.717) is 0 Å². The van der Waals surface area contributed by atoms with Crippen molar-refractivity contribution in [3.63, 3.8) is 0 Å². The van der Waals surface area contributed by atoms with Crippen LogP contribution in [0.25, 0.3) is 0 Å². The Hall–Kier alpha value is -0.0400. The zero-order chi connectivity index (χ0) is 7.73. The summed E-state index contributed by atoms with van der Waals surface area (Å²) in [5, 5.41) is 0. The van der Waals surface area contributed by atoms with Gasteiger partial charge in [-0.3, -0.25) is 0 Å². The second-order valence-corrected chi connectivity index (χ2v) is 4.40. The first kappa shape index (κ1) is 7.60. The monoisotopic (exact) mass is 154 g/mol. The molecule has 1 heterocycles. The maximum atomic E-state index is 5.58. The second kappa shape index (κ2) is 2.78. The molecule has 0 N–H and O–H groups in total. The lowest BCUT2D eigenvalue weighted by Gasteiger charge is -2.40. The Morgan fingerprint density at radius 3 is 2.45 bits per heavy atom. The van der Waals surface area contributed by atoms with Crippen LogP contribution in [0.1, 0.15) is 45.4 Å². The molecule has 64 valence electrons. The minimum absolute atomic E-state index is 0.287. The molecular weight excluding hydrogens is 136 g/mol. The zero-order valence-corrected chi connectivity index (χ0v) is 7.44. The fraction of sp³-hybridized carbons (Fsp3) is 1.00. The normalized spacial score (nSPS) is 39.0. The summed E-state index contributed by atoms with van der Waals surface area (Å²) >= 11 is 0. The van der Waals surface area contributed by atoms with Crippen molar-refractivity contribution in [3.05, 3.63) is 0 Å². The lowest BCUT2D eigenvalue weighted by atomic mass is 9.85. The summed E-state index contributed by atoms with van der Waals surface area (Å²) in [6.45, 7) is 3.28. The van der Waals surface area contributed by atoms with Crippen LogP contribution in [0.15, 0.2) is 0 Å². The van der Waals surface area contributed by atoms with Gasteiger partial charge in [-0.25, -0.2) is 0 Å². The summed E-state index contributed by atoms with van der Waals surface area (Å²) in [4.78, 5) is 0. The van der Waals surface area contributed by atoms with E-state index in [1.807, 2.05) is 0 Å². The fourth-order valence-electron chi connectivity index (χ4n) is 2.44. The van der Waals surface area contributed by atoms with Crippen LogP contribution in [0.4, 0.5) is 0 Å². The van der Waals surface area contributed by atoms with Crippen LogP contribution in [-0.2, 0) is 4.74 Å². The first-order valence-corrected chi connectivity index (χ1v) is 4.92. The summed E-state index contributed by atoms with van der Waals surface area (Å²) in [6, 6.07) is 0. The standard InChI is InChI=1S/C10H18O/c1-10(6-7-11-10)8-9-4-2-3-5-9/h9H,2-8H2,1H3. The van der Waals surface area contributed by atoms with Crippen molar-refractivity contribution >= 4 is 0 Å². The quantitative estimate of drug-likeness (QED) is 0.594. The third kappa shape index (κ3) is 1.58. The average Bonchev–Trinajstić information content (AvgIpc) is 2.36. The van der Waals surface area contributed by atoms with Gasteiger partial charge >= 0.3 is 0 Å².